The van der Waals surface area contributed by atoms with Crippen LogP contribution >= 0.6 is 0 Å². The first-order chi connectivity index (χ1) is 10.7. The molecular weight excluding hydrogens is 292 g/mol. The third-order valence-electron chi connectivity index (χ3n) is 2.91. The predicted octanol–water partition coefficient (Wildman–Crippen LogP) is 2.77. The molecular formula is C18H26N2O3. The van der Waals surface area contributed by atoms with E-state index in [0.29, 0.717) is 6.42 Å². The van der Waals surface area contributed by atoms with Crippen molar-refractivity contribution in [3.8, 4) is 0 Å². The van der Waals surface area contributed by atoms with Gasteiger partial charge in [0.15, 0.2) is 0 Å². The molecule has 0 heterocycles. The average molecular weight is 318 g/mol. The highest BCUT2D eigenvalue weighted by molar-refractivity contribution is 5.87. The van der Waals surface area contributed by atoms with E-state index >= 15 is 0 Å². The molecule has 0 saturated heterocycles. The van der Waals surface area contributed by atoms with Crippen molar-refractivity contribution in [2.75, 3.05) is 14.1 Å². The number of hydrogen-bond donors (Lipinski definition) is 1. The fourth-order valence-corrected chi connectivity index (χ4v) is 1.84. The van der Waals surface area contributed by atoms with Crippen molar-refractivity contribution in [1.82, 2.24) is 10.2 Å². The van der Waals surface area contributed by atoms with Crippen molar-refractivity contribution in [1.29, 1.82) is 0 Å². The Hall–Kier alpha value is -2.30. The highest BCUT2D eigenvalue weighted by Gasteiger charge is 2.18. The summed E-state index contributed by atoms with van der Waals surface area (Å²) >= 11 is 0. The van der Waals surface area contributed by atoms with Crippen molar-refractivity contribution >= 4 is 12.0 Å². The minimum absolute atomic E-state index is 0.131. The fraction of sp³-hybridized carbons (Fsp3) is 0.444. The maximum Gasteiger partial charge on any atom is 0.408 e. The van der Waals surface area contributed by atoms with Crippen LogP contribution in [0.15, 0.2) is 42.5 Å². The molecule has 0 aliphatic heterocycles. The molecule has 0 spiro atoms. The predicted molar refractivity (Wildman–Crippen MR) is 91.1 cm³/mol. The van der Waals surface area contributed by atoms with E-state index in [4.69, 9.17) is 4.74 Å². The SMILES string of the molecule is CN(C)C(=O)/C=C/[C@H](Cc1ccccc1)NC(=O)OC(C)(C)C. The first-order valence-electron chi connectivity index (χ1n) is 7.60. The van der Waals surface area contributed by atoms with Crippen LogP contribution in [0.2, 0.25) is 0 Å². The molecule has 0 fully saturated rings. The Labute approximate surface area is 138 Å². The molecule has 5 nitrogen and oxygen atoms in total. The van der Waals surface area contributed by atoms with E-state index < -0.39 is 11.7 Å². The summed E-state index contributed by atoms with van der Waals surface area (Å²) in [6, 6.07) is 9.45. The molecule has 1 N–H and O–H groups in total. The number of carbonyl (C=O) groups excluding carboxylic acids is 2. The van der Waals surface area contributed by atoms with Gasteiger partial charge in [0.1, 0.15) is 5.60 Å². The number of nitrogens with one attached hydrogen (secondary N) is 1. The monoisotopic (exact) mass is 318 g/mol. The lowest BCUT2D eigenvalue weighted by molar-refractivity contribution is -0.123. The van der Waals surface area contributed by atoms with E-state index in [1.165, 1.54) is 11.0 Å². The summed E-state index contributed by atoms with van der Waals surface area (Å²) in [6.07, 6.45) is 3.24. The summed E-state index contributed by atoms with van der Waals surface area (Å²) < 4.78 is 5.28. The zero-order chi connectivity index (χ0) is 17.5. The lowest BCUT2D eigenvalue weighted by Crippen LogP contribution is -2.39. The second-order valence-electron chi connectivity index (χ2n) is 6.53. The molecule has 0 aliphatic carbocycles. The number of alkyl carbamates (subject to hydrolysis) is 1. The van der Waals surface area contributed by atoms with Gasteiger partial charge in [-0.05, 0) is 32.8 Å². The largest absolute Gasteiger partial charge is 0.444 e. The first kappa shape index (κ1) is 18.7. The number of hydrogen-bond acceptors (Lipinski definition) is 3. The van der Waals surface area contributed by atoms with E-state index in [9.17, 15) is 9.59 Å². The Bertz CT molecular complexity index is 545. The molecule has 0 bridgehead atoms. The minimum Gasteiger partial charge on any atom is -0.444 e. The maximum absolute atomic E-state index is 12.0. The van der Waals surface area contributed by atoms with Crippen LogP contribution in [0, 0.1) is 0 Å². The van der Waals surface area contributed by atoms with Crippen molar-refractivity contribution in [2.45, 2.75) is 38.8 Å². The van der Waals surface area contributed by atoms with Gasteiger partial charge in [-0.1, -0.05) is 36.4 Å². The van der Waals surface area contributed by atoms with E-state index in [1.54, 1.807) is 20.2 Å². The molecule has 0 radical (unpaired) electrons. The van der Waals surface area contributed by atoms with Gasteiger partial charge in [0, 0.05) is 20.2 Å². The molecule has 0 aromatic heterocycles. The van der Waals surface area contributed by atoms with Crippen molar-refractivity contribution < 1.29 is 14.3 Å². The maximum atomic E-state index is 12.0. The summed E-state index contributed by atoms with van der Waals surface area (Å²) in [5, 5.41) is 2.80. The van der Waals surface area contributed by atoms with E-state index in [1.807, 2.05) is 51.1 Å². The quantitative estimate of drug-likeness (QED) is 0.849. The Morgan fingerprint density at radius 2 is 1.83 bits per heavy atom. The molecule has 1 rings (SSSR count). The van der Waals surface area contributed by atoms with Crippen LogP contribution < -0.4 is 5.32 Å². The van der Waals surface area contributed by atoms with Gasteiger partial charge in [-0.3, -0.25) is 4.79 Å². The van der Waals surface area contributed by atoms with Gasteiger partial charge >= 0.3 is 6.09 Å². The number of rotatable bonds is 5. The fourth-order valence-electron chi connectivity index (χ4n) is 1.84. The van der Waals surface area contributed by atoms with Crippen LogP contribution in [0.25, 0.3) is 0 Å². The molecule has 0 unspecified atom stereocenters. The molecule has 1 atom stereocenters. The van der Waals surface area contributed by atoms with Gasteiger partial charge in [0.25, 0.3) is 0 Å². The van der Waals surface area contributed by atoms with Gasteiger partial charge in [-0.15, -0.1) is 0 Å². The topological polar surface area (TPSA) is 58.6 Å². The van der Waals surface area contributed by atoms with Crippen molar-refractivity contribution in [3.05, 3.63) is 48.0 Å². The summed E-state index contributed by atoms with van der Waals surface area (Å²) in [7, 11) is 3.36. The number of likely N-dealkylation sites (N-methyl/N-ethyl adjacent to an activating group) is 1. The van der Waals surface area contributed by atoms with Crippen LogP contribution in [-0.2, 0) is 16.0 Å². The highest BCUT2D eigenvalue weighted by atomic mass is 16.6. The molecule has 0 saturated carbocycles. The molecule has 126 valence electrons. The van der Waals surface area contributed by atoms with Crippen LogP contribution in [0.1, 0.15) is 26.3 Å². The molecule has 1 aromatic carbocycles. The van der Waals surface area contributed by atoms with Crippen molar-refractivity contribution in [2.24, 2.45) is 0 Å². The van der Waals surface area contributed by atoms with Crippen LogP contribution in [0.4, 0.5) is 4.79 Å². The number of benzene rings is 1. The minimum atomic E-state index is -0.565. The van der Waals surface area contributed by atoms with Gasteiger partial charge in [0.2, 0.25) is 5.91 Å². The lowest BCUT2D eigenvalue weighted by atomic mass is 10.1. The lowest BCUT2D eigenvalue weighted by Gasteiger charge is -2.22. The normalized spacial score (nSPS) is 12.7. The number of nitrogens with zero attached hydrogens (tertiary/aromatic N) is 1. The number of ether oxygens (including phenoxy) is 1. The molecule has 1 aromatic rings. The molecule has 2 amide bonds. The Morgan fingerprint density at radius 1 is 1.22 bits per heavy atom. The van der Waals surface area contributed by atoms with Gasteiger partial charge < -0.3 is 15.0 Å². The van der Waals surface area contributed by atoms with Gasteiger partial charge in [-0.25, -0.2) is 4.79 Å². The van der Waals surface area contributed by atoms with Crippen molar-refractivity contribution in [3.63, 3.8) is 0 Å². The van der Waals surface area contributed by atoms with Crippen LogP contribution in [0.5, 0.6) is 0 Å². The summed E-state index contributed by atoms with van der Waals surface area (Å²) in [5.41, 5.74) is 0.500. The third-order valence-corrected chi connectivity index (χ3v) is 2.91. The first-order valence-corrected chi connectivity index (χ1v) is 7.60. The summed E-state index contributed by atoms with van der Waals surface area (Å²) in [5.74, 6) is -0.131. The van der Waals surface area contributed by atoms with Crippen LogP contribution in [0.3, 0.4) is 0 Å². The smallest absolute Gasteiger partial charge is 0.408 e. The zero-order valence-electron chi connectivity index (χ0n) is 14.5. The Morgan fingerprint density at radius 3 is 2.35 bits per heavy atom. The average Bonchev–Trinajstić information content (AvgIpc) is 2.43. The number of amides is 2. The number of carbonyl (C=O) groups is 2. The molecule has 0 aliphatic rings. The second-order valence-corrected chi connectivity index (χ2v) is 6.53. The Kier molecular flexibility index (Phi) is 6.82. The van der Waals surface area contributed by atoms with Crippen LogP contribution in [-0.4, -0.2) is 42.6 Å². The second kappa shape index (κ2) is 8.36. The van der Waals surface area contributed by atoms with Gasteiger partial charge in [-0.2, -0.15) is 0 Å². The zero-order valence-corrected chi connectivity index (χ0v) is 14.5. The summed E-state index contributed by atoms with van der Waals surface area (Å²) in [4.78, 5) is 25.2. The van der Waals surface area contributed by atoms with E-state index in [0.717, 1.165) is 5.56 Å². The summed E-state index contributed by atoms with van der Waals surface area (Å²) in [6.45, 7) is 5.43. The Balaban J connectivity index is 2.79. The molecule has 23 heavy (non-hydrogen) atoms. The van der Waals surface area contributed by atoms with Gasteiger partial charge in [0.05, 0.1) is 6.04 Å². The third kappa shape index (κ3) is 8.04. The van der Waals surface area contributed by atoms with E-state index in [2.05, 4.69) is 5.32 Å². The highest BCUT2D eigenvalue weighted by Crippen LogP contribution is 2.09. The van der Waals surface area contributed by atoms with E-state index in [-0.39, 0.29) is 11.9 Å². The standard InChI is InChI=1S/C18H26N2O3/c1-18(2,3)23-17(22)19-15(11-12-16(21)20(4)5)13-14-9-7-6-8-10-14/h6-12,15H,13H2,1-5H3,(H,19,22)/b12-11+/t15-/m1/s1. The molecule has 5 heteroatoms.